The van der Waals surface area contributed by atoms with Crippen LogP contribution in [-0.4, -0.2) is 47.8 Å². The maximum Gasteiger partial charge on any atom is 0.254 e. The van der Waals surface area contributed by atoms with Crippen molar-refractivity contribution in [2.45, 2.75) is 13.8 Å². The Bertz CT molecular complexity index is 508. The molecule has 1 aromatic carbocycles. The Balaban J connectivity index is 1.97. The van der Waals surface area contributed by atoms with Gasteiger partial charge in [-0.1, -0.05) is 31.5 Å². The van der Waals surface area contributed by atoms with Crippen LogP contribution in [0.15, 0.2) is 24.3 Å². The number of halogens is 1. The molecule has 1 aliphatic rings. The summed E-state index contributed by atoms with van der Waals surface area (Å²) < 4.78 is 0. The Morgan fingerprint density at radius 2 is 1.70 bits per heavy atom. The standard InChI is InChI=1S/C15H19ClN2O2/c1-11(2)14(19)17-6-8-18(9-7-17)15(20)12-4-3-5-13(16)10-12/h3-5,10-11H,6-9H2,1-2H3. The fourth-order valence-electron chi connectivity index (χ4n) is 2.30. The molecule has 2 amide bonds. The van der Waals surface area contributed by atoms with Crippen molar-refractivity contribution in [1.82, 2.24) is 9.80 Å². The third kappa shape index (κ3) is 3.31. The molecule has 4 nitrogen and oxygen atoms in total. The van der Waals surface area contributed by atoms with E-state index in [0.717, 1.165) is 0 Å². The Kier molecular flexibility index (Phi) is 4.65. The van der Waals surface area contributed by atoms with Crippen molar-refractivity contribution in [3.63, 3.8) is 0 Å². The van der Waals surface area contributed by atoms with Crippen LogP contribution in [0.25, 0.3) is 0 Å². The number of benzene rings is 1. The molecule has 2 rings (SSSR count). The molecule has 1 aliphatic heterocycles. The van der Waals surface area contributed by atoms with Gasteiger partial charge in [-0.15, -0.1) is 0 Å². The van der Waals surface area contributed by atoms with E-state index in [4.69, 9.17) is 11.6 Å². The molecule has 1 saturated heterocycles. The van der Waals surface area contributed by atoms with Crippen molar-refractivity contribution >= 4 is 23.4 Å². The molecule has 1 fully saturated rings. The summed E-state index contributed by atoms with van der Waals surface area (Å²) in [5, 5.41) is 0.560. The Hall–Kier alpha value is -1.55. The second kappa shape index (κ2) is 6.27. The lowest BCUT2D eigenvalue weighted by Crippen LogP contribution is -2.51. The van der Waals surface area contributed by atoms with Gasteiger partial charge in [0.1, 0.15) is 0 Å². The Labute approximate surface area is 124 Å². The van der Waals surface area contributed by atoms with Crippen molar-refractivity contribution < 1.29 is 9.59 Å². The average Bonchev–Trinajstić information content (AvgIpc) is 2.46. The van der Waals surface area contributed by atoms with Gasteiger partial charge in [0.15, 0.2) is 0 Å². The van der Waals surface area contributed by atoms with E-state index >= 15 is 0 Å². The quantitative estimate of drug-likeness (QED) is 0.839. The molecule has 5 heteroatoms. The minimum atomic E-state index is -0.0239. The Morgan fingerprint density at radius 3 is 2.25 bits per heavy atom. The van der Waals surface area contributed by atoms with Gasteiger partial charge in [-0.25, -0.2) is 0 Å². The van der Waals surface area contributed by atoms with Crippen LogP contribution < -0.4 is 0 Å². The lowest BCUT2D eigenvalue weighted by Gasteiger charge is -2.35. The molecule has 0 spiro atoms. The molecule has 0 aliphatic carbocycles. The first-order valence-corrected chi connectivity index (χ1v) is 7.20. The van der Waals surface area contributed by atoms with Gasteiger partial charge >= 0.3 is 0 Å². The third-order valence-electron chi connectivity index (χ3n) is 3.44. The first-order valence-electron chi connectivity index (χ1n) is 6.82. The normalized spacial score (nSPS) is 15.6. The van der Waals surface area contributed by atoms with Gasteiger partial charge in [0.25, 0.3) is 5.91 Å². The summed E-state index contributed by atoms with van der Waals surface area (Å²) in [6.07, 6.45) is 0. The van der Waals surface area contributed by atoms with Gasteiger partial charge in [0, 0.05) is 42.7 Å². The van der Waals surface area contributed by atoms with Gasteiger partial charge in [0.2, 0.25) is 5.91 Å². The number of piperazine rings is 1. The monoisotopic (exact) mass is 294 g/mol. The molecule has 1 heterocycles. The van der Waals surface area contributed by atoms with Crippen molar-refractivity contribution in [2.75, 3.05) is 26.2 Å². The number of carbonyl (C=O) groups is 2. The van der Waals surface area contributed by atoms with E-state index in [1.54, 1.807) is 29.2 Å². The zero-order valence-corrected chi connectivity index (χ0v) is 12.6. The van der Waals surface area contributed by atoms with Gasteiger partial charge in [-0.2, -0.15) is 0 Å². The van der Waals surface area contributed by atoms with Crippen LogP contribution in [0.2, 0.25) is 5.02 Å². The van der Waals surface area contributed by atoms with Crippen molar-refractivity contribution in [2.24, 2.45) is 5.92 Å². The summed E-state index contributed by atoms with van der Waals surface area (Å²) in [6, 6.07) is 6.96. The van der Waals surface area contributed by atoms with E-state index in [-0.39, 0.29) is 17.7 Å². The van der Waals surface area contributed by atoms with Gasteiger partial charge in [-0.3, -0.25) is 9.59 Å². The molecule has 108 valence electrons. The van der Waals surface area contributed by atoms with Crippen LogP contribution in [0.3, 0.4) is 0 Å². The highest BCUT2D eigenvalue weighted by Crippen LogP contribution is 2.14. The van der Waals surface area contributed by atoms with Crippen LogP contribution in [0.1, 0.15) is 24.2 Å². The van der Waals surface area contributed by atoms with E-state index in [0.29, 0.717) is 36.8 Å². The fourth-order valence-corrected chi connectivity index (χ4v) is 2.49. The maximum absolute atomic E-state index is 12.3. The molecule has 0 unspecified atom stereocenters. The molecule has 20 heavy (non-hydrogen) atoms. The number of nitrogens with zero attached hydrogens (tertiary/aromatic N) is 2. The molecular weight excluding hydrogens is 276 g/mol. The first-order chi connectivity index (χ1) is 9.49. The number of amides is 2. The summed E-state index contributed by atoms with van der Waals surface area (Å²) in [4.78, 5) is 27.8. The molecule has 0 bridgehead atoms. The molecule has 1 aromatic rings. The van der Waals surface area contributed by atoms with Crippen molar-refractivity contribution in [1.29, 1.82) is 0 Å². The molecule has 0 radical (unpaired) electrons. The minimum absolute atomic E-state index is 0.00480. The highest BCUT2D eigenvalue weighted by atomic mass is 35.5. The zero-order valence-electron chi connectivity index (χ0n) is 11.8. The lowest BCUT2D eigenvalue weighted by atomic mass is 10.1. The third-order valence-corrected chi connectivity index (χ3v) is 3.68. The lowest BCUT2D eigenvalue weighted by molar-refractivity contribution is -0.135. The van der Waals surface area contributed by atoms with E-state index in [1.165, 1.54) is 0 Å². The topological polar surface area (TPSA) is 40.6 Å². The predicted molar refractivity (Wildman–Crippen MR) is 78.8 cm³/mol. The van der Waals surface area contributed by atoms with Gasteiger partial charge in [-0.05, 0) is 18.2 Å². The molecule has 0 aromatic heterocycles. The van der Waals surface area contributed by atoms with Crippen LogP contribution in [0.5, 0.6) is 0 Å². The van der Waals surface area contributed by atoms with Crippen LogP contribution in [0, 0.1) is 5.92 Å². The Morgan fingerprint density at radius 1 is 1.10 bits per heavy atom. The predicted octanol–water partition coefficient (Wildman–Crippen LogP) is 2.28. The van der Waals surface area contributed by atoms with E-state index < -0.39 is 0 Å². The van der Waals surface area contributed by atoms with Gasteiger partial charge in [0.05, 0.1) is 0 Å². The summed E-state index contributed by atoms with van der Waals surface area (Å²) in [5.41, 5.74) is 0.598. The maximum atomic E-state index is 12.3. The van der Waals surface area contributed by atoms with Crippen molar-refractivity contribution in [3.05, 3.63) is 34.9 Å². The van der Waals surface area contributed by atoms with Crippen LogP contribution >= 0.6 is 11.6 Å². The number of hydrogen-bond acceptors (Lipinski definition) is 2. The summed E-state index contributed by atoms with van der Waals surface area (Å²) in [5.74, 6) is 0.134. The molecule has 0 saturated carbocycles. The van der Waals surface area contributed by atoms with Gasteiger partial charge < -0.3 is 9.80 Å². The van der Waals surface area contributed by atoms with E-state index in [1.807, 2.05) is 18.7 Å². The summed E-state index contributed by atoms with van der Waals surface area (Å²) in [7, 11) is 0. The average molecular weight is 295 g/mol. The van der Waals surface area contributed by atoms with Crippen LogP contribution in [-0.2, 0) is 4.79 Å². The molecular formula is C15H19ClN2O2. The second-order valence-corrected chi connectivity index (χ2v) is 5.72. The highest BCUT2D eigenvalue weighted by molar-refractivity contribution is 6.30. The number of rotatable bonds is 2. The first kappa shape index (κ1) is 14.9. The summed E-state index contributed by atoms with van der Waals surface area (Å²) in [6.45, 7) is 6.14. The second-order valence-electron chi connectivity index (χ2n) is 5.28. The zero-order chi connectivity index (χ0) is 14.7. The fraction of sp³-hybridized carbons (Fsp3) is 0.467. The van der Waals surface area contributed by atoms with E-state index in [2.05, 4.69) is 0 Å². The molecule has 0 atom stereocenters. The summed E-state index contributed by atoms with van der Waals surface area (Å²) >= 11 is 5.90. The largest absolute Gasteiger partial charge is 0.339 e. The number of hydrogen-bond donors (Lipinski definition) is 0. The smallest absolute Gasteiger partial charge is 0.254 e. The SMILES string of the molecule is CC(C)C(=O)N1CCN(C(=O)c2cccc(Cl)c2)CC1. The molecule has 0 N–H and O–H groups in total. The minimum Gasteiger partial charge on any atom is -0.339 e. The number of carbonyl (C=O) groups excluding carboxylic acids is 2. The van der Waals surface area contributed by atoms with Crippen molar-refractivity contribution in [3.8, 4) is 0 Å². The van der Waals surface area contributed by atoms with Crippen LogP contribution in [0.4, 0.5) is 0 Å². The van der Waals surface area contributed by atoms with E-state index in [9.17, 15) is 9.59 Å². The highest BCUT2D eigenvalue weighted by Gasteiger charge is 2.25.